The quantitative estimate of drug-likeness (QED) is 0.358. The van der Waals surface area contributed by atoms with Crippen molar-refractivity contribution in [1.29, 1.82) is 0 Å². The number of hydrogen-bond donors (Lipinski definition) is 0. The standard InChI is InChI=1S/C28H31FO3/c1-30-25-16-17-26(31-19-18-21-12-14-24(29)15-13-21)27(20-25)32-28(22-8-4-2-5-9-22)23-10-6-3-7-11-23/h2,4-5,8-9,12-17,20,23,28H,3,6-7,10-11,18-19H2,1H3. The molecule has 0 spiro atoms. The van der Waals surface area contributed by atoms with Crippen molar-refractivity contribution in [2.24, 2.45) is 5.92 Å². The van der Waals surface area contributed by atoms with Gasteiger partial charge in [-0.15, -0.1) is 0 Å². The van der Waals surface area contributed by atoms with E-state index in [4.69, 9.17) is 14.2 Å². The lowest BCUT2D eigenvalue weighted by molar-refractivity contribution is 0.103. The molecule has 1 fully saturated rings. The summed E-state index contributed by atoms with van der Waals surface area (Å²) in [6.45, 7) is 0.480. The van der Waals surface area contributed by atoms with Gasteiger partial charge in [0.1, 0.15) is 17.7 Å². The van der Waals surface area contributed by atoms with Crippen LogP contribution in [0.3, 0.4) is 0 Å². The van der Waals surface area contributed by atoms with Crippen LogP contribution in [0.2, 0.25) is 0 Å². The Hall–Kier alpha value is -3.01. The fourth-order valence-electron chi connectivity index (χ4n) is 4.41. The topological polar surface area (TPSA) is 27.7 Å². The van der Waals surface area contributed by atoms with E-state index >= 15 is 0 Å². The minimum absolute atomic E-state index is 0.0249. The highest BCUT2D eigenvalue weighted by molar-refractivity contribution is 5.46. The number of methoxy groups -OCH3 is 1. The van der Waals surface area contributed by atoms with Gasteiger partial charge in [-0.25, -0.2) is 4.39 Å². The van der Waals surface area contributed by atoms with E-state index in [9.17, 15) is 4.39 Å². The van der Waals surface area contributed by atoms with Crippen LogP contribution < -0.4 is 14.2 Å². The van der Waals surface area contributed by atoms with Gasteiger partial charge < -0.3 is 14.2 Å². The lowest BCUT2D eigenvalue weighted by atomic mass is 9.82. The third-order valence-corrected chi connectivity index (χ3v) is 6.17. The predicted octanol–water partition coefficient (Wildman–Crippen LogP) is 7.16. The molecular weight excluding hydrogens is 403 g/mol. The molecule has 4 rings (SSSR count). The summed E-state index contributed by atoms with van der Waals surface area (Å²) in [4.78, 5) is 0. The van der Waals surface area contributed by atoms with Crippen LogP contribution in [-0.4, -0.2) is 13.7 Å². The minimum atomic E-state index is -0.227. The molecular formula is C28H31FO3. The van der Waals surface area contributed by atoms with Gasteiger partial charge in [-0.3, -0.25) is 0 Å². The average molecular weight is 435 g/mol. The molecule has 1 saturated carbocycles. The van der Waals surface area contributed by atoms with E-state index in [1.807, 2.05) is 24.3 Å². The molecule has 3 aromatic rings. The molecule has 1 atom stereocenters. The lowest BCUT2D eigenvalue weighted by Gasteiger charge is -2.31. The second-order valence-corrected chi connectivity index (χ2v) is 8.38. The third kappa shape index (κ3) is 5.82. The summed E-state index contributed by atoms with van der Waals surface area (Å²) in [5, 5.41) is 0. The average Bonchev–Trinajstić information content (AvgIpc) is 2.85. The Morgan fingerprint density at radius 3 is 2.34 bits per heavy atom. The van der Waals surface area contributed by atoms with Gasteiger partial charge in [-0.1, -0.05) is 61.7 Å². The molecule has 0 amide bonds. The molecule has 4 heteroatoms. The van der Waals surface area contributed by atoms with Crippen molar-refractivity contribution in [3.63, 3.8) is 0 Å². The molecule has 1 unspecified atom stereocenters. The molecule has 1 aliphatic carbocycles. The molecule has 3 aromatic carbocycles. The van der Waals surface area contributed by atoms with Crippen molar-refractivity contribution in [3.8, 4) is 17.2 Å². The van der Waals surface area contributed by atoms with Crippen LogP contribution in [0.15, 0.2) is 72.8 Å². The molecule has 1 aliphatic rings. The van der Waals surface area contributed by atoms with E-state index in [1.165, 1.54) is 49.8 Å². The molecule has 0 heterocycles. The molecule has 0 aliphatic heterocycles. The van der Waals surface area contributed by atoms with Gasteiger partial charge in [0.2, 0.25) is 0 Å². The summed E-state index contributed by atoms with van der Waals surface area (Å²) >= 11 is 0. The Morgan fingerprint density at radius 2 is 1.62 bits per heavy atom. The highest BCUT2D eigenvalue weighted by Crippen LogP contribution is 2.41. The van der Waals surface area contributed by atoms with E-state index in [1.54, 1.807) is 19.2 Å². The zero-order chi connectivity index (χ0) is 22.2. The van der Waals surface area contributed by atoms with E-state index in [0.717, 1.165) is 11.3 Å². The Bertz CT molecular complexity index is 966. The van der Waals surface area contributed by atoms with Gasteiger partial charge in [-0.2, -0.15) is 0 Å². The van der Waals surface area contributed by atoms with Gasteiger partial charge in [0.15, 0.2) is 11.5 Å². The van der Waals surface area contributed by atoms with E-state index in [0.29, 0.717) is 30.4 Å². The second-order valence-electron chi connectivity index (χ2n) is 8.38. The second kappa shape index (κ2) is 11.0. The molecule has 0 aromatic heterocycles. The lowest BCUT2D eigenvalue weighted by Crippen LogP contribution is -2.21. The summed E-state index contributed by atoms with van der Waals surface area (Å²) in [6.07, 6.45) is 6.80. The van der Waals surface area contributed by atoms with Crippen molar-refractivity contribution in [1.82, 2.24) is 0 Å². The van der Waals surface area contributed by atoms with Crippen LogP contribution in [0.4, 0.5) is 4.39 Å². The largest absolute Gasteiger partial charge is 0.497 e. The zero-order valence-corrected chi connectivity index (χ0v) is 18.6. The van der Waals surface area contributed by atoms with Gasteiger partial charge >= 0.3 is 0 Å². The van der Waals surface area contributed by atoms with Crippen LogP contribution in [0.5, 0.6) is 17.2 Å². The number of hydrogen-bond acceptors (Lipinski definition) is 3. The van der Waals surface area contributed by atoms with Crippen LogP contribution in [0.25, 0.3) is 0 Å². The van der Waals surface area contributed by atoms with Crippen LogP contribution in [0.1, 0.15) is 49.3 Å². The van der Waals surface area contributed by atoms with Crippen molar-refractivity contribution in [2.75, 3.05) is 13.7 Å². The first-order valence-corrected chi connectivity index (χ1v) is 11.5. The zero-order valence-electron chi connectivity index (χ0n) is 18.6. The predicted molar refractivity (Wildman–Crippen MR) is 125 cm³/mol. The fourth-order valence-corrected chi connectivity index (χ4v) is 4.41. The Balaban J connectivity index is 1.53. The van der Waals surface area contributed by atoms with Crippen LogP contribution in [0, 0.1) is 11.7 Å². The first-order valence-electron chi connectivity index (χ1n) is 11.5. The van der Waals surface area contributed by atoms with Gasteiger partial charge in [0.25, 0.3) is 0 Å². The SMILES string of the molecule is COc1ccc(OCCc2ccc(F)cc2)c(OC(c2ccccc2)C2CCCCC2)c1. The van der Waals surface area contributed by atoms with Crippen LogP contribution >= 0.6 is 0 Å². The van der Waals surface area contributed by atoms with E-state index in [-0.39, 0.29) is 11.9 Å². The first-order chi connectivity index (χ1) is 15.7. The first kappa shape index (κ1) is 22.2. The Labute approximate surface area is 190 Å². The maximum atomic E-state index is 13.2. The minimum Gasteiger partial charge on any atom is -0.497 e. The fraction of sp³-hybridized carbons (Fsp3) is 0.357. The summed E-state index contributed by atoms with van der Waals surface area (Å²) in [5.41, 5.74) is 2.23. The summed E-state index contributed by atoms with van der Waals surface area (Å²) in [5.74, 6) is 2.38. The van der Waals surface area contributed by atoms with Crippen LogP contribution in [-0.2, 0) is 6.42 Å². The van der Waals surface area contributed by atoms with Crippen molar-refractivity contribution in [3.05, 3.63) is 89.7 Å². The third-order valence-electron chi connectivity index (χ3n) is 6.17. The summed E-state index contributed by atoms with van der Waals surface area (Å²) in [7, 11) is 1.66. The van der Waals surface area contributed by atoms with Crippen molar-refractivity contribution < 1.29 is 18.6 Å². The summed E-state index contributed by atoms with van der Waals surface area (Å²) < 4.78 is 31.4. The maximum absolute atomic E-state index is 13.2. The molecule has 168 valence electrons. The van der Waals surface area contributed by atoms with E-state index in [2.05, 4.69) is 24.3 Å². The Kier molecular flexibility index (Phi) is 7.65. The number of halogens is 1. The molecule has 0 radical (unpaired) electrons. The molecule has 0 saturated heterocycles. The monoisotopic (exact) mass is 434 g/mol. The highest BCUT2D eigenvalue weighted by Gasteiger charge is 2.28. The molecule has 0 bridgehead atoms. The number of ether oxygens (including phenoxy) is 3. The Morgan fingerprint density at radius 1 is 0.875 bits per heavy atom. The number of rotatable bonds is 9. The van der Waals surface area contributed by atoms with E-state index < -0.39 is 0 Å². The normalized spacial score (nSPS) is 15.2. The maximum Gasteiger partial charge on any atom is 0.165 e. The molecule has 32 heavy (non-hydrogen) atoms. The van der Waals surface area contributed by atoms with Gasteiger partial charge in [-0.05, 0) is 48.2 Å². The van der Waals surface area contributed by atoms with Gasteiger partial charge in [0, 0.05) is 18.4 Å². The smallest absolute Gasteiger partial charge is 0.165 e. The van der Waals surface area contributed by atoms with Crippen molar-refractivity contribution >= 4 is 0 Å². The number of benzene rings is 3. The van der Waals surface area contributed by atoms with Gasteiger partial charge in [0.05, 0.1) is 13.7 Å². The molecule has 3 nitrogen and oxygen atoms in total. The van der Waals surface area contributed by atoms with Crippen molar-refractivity contribution in [2.45, 2.75) is 44.6 Å². The molecule has 0 N–H and O–H groups in total. The summed E-state index contributed by atoms with van der Waals surface area (Å²) in [6, 6.07) is 22.7. The highest BCUT2D eigenvalue weighted by atomic mass is 19.1.